The van der Waals surface area contributed by atoms with E-state index in [2.05, 4.69) is 25.5 Å². The number of fused-ring (bicyclic) bond motifs is 4. The molecule has 1 radical (unpaired) electrons. The van der Waals surface area contributed by atoms with Crippen molar-refractivity contribution < 1.29 is 4.79 Å². The summed E-state index contributed by atoms with van der Waals surface area (Å²) in [4.78, 5) is 12.4. The van der Waals surface area contributed by atoms with Gasteiger partial charge in [0.2, 0.25) is 0 Å². The van der Waals surface area contributed by atoms with E-state index in [4.69, 9.17) is 0 Å². The Morgan fingerprint density at radius 3 is 2.86 bits per heavy atom. The number of allylic oxidation sites excluding steroid dienone is 6. The maximum atomic E-state index is 12.4. The molecule has 4 atom stereocenters. The summed E-state index contributed by atoms with van der Waals surface area (Å²) in [7, 11) is 0. The Bertz CT molecular complexity index is 647. The molecule has 115 valence electrons. The van der Waals surface area contributed by atoms with Crippen LogP contribution in [0.2, 0.25) is 0 Å². The van der Waals surface area contributed by atoms with Crippen molar-refractivity contribution in [1.29, 1.82) is 0 Å². The largest absolute Gasteiger partial charge is 0.299 e. The summed E-state index contributed by atoms with van der Waals surface area (Å²) in [5, 5.41) is 0. The Morgan fingerprint density at radius 1 is 1.18 bits per heavy atom. The van der Waals surface area contributed by atoms with Crippen LogP contribution in [0.1, 0.15) is 58.3 Å². The molecule has 0 spiro atoms. The molecule has 0 saturated heterocycles. The third kappa shape index (κ3) is 1.74. The van der Waals surface area contributed by atoms with Crippen LogP contribution in [0.15, 0.2) is 34.4 Å². The fourth-order valence-electron chi connectivity index (χ4n) is 5.95. The van der Waals surface area contributed by atoms with Gasteiger partial charge in [0.05, 0.1) is 0 Å². The van der Waals surface area contributed by atoms with E-state index < -0.39 is 0 Å². The standard InChI is InChI=1S/C21H25O/c1-21-11-10-17-16-6-4-14(13-2-3-13)12-15(16)5-7-18(17)19(21)8-9-20(21)22/h2-3,7,14,17,19H,4-6,8-12H2,1H3/t14?,17-,19?,21?/m1/s1. The number of Topliss-reactive ketones (excluding diaryl/α,β-unsaturated/α-hetero) is 1. The molecular weight excluding hydrogens is 268 g/mol. The topological polar surface area (TPSA) is 17.1 Å². The van der Waals surface area contributed by atoms with Gasteiger partial charge in [0.25, 0.3) is 0 Å². The van der Waals surface area contributed by atoms with Crippen molar-refractivity contribution in [2.75, 3.05) is 0 Å². The van der Waals surface area contributed by atoms with Gasteiger partial charge in [-0.1, -0.05) is 41.4 Å². The van der Waals surface area contributed by atoms with Crippen LogP contribution in [0.4, 0.5) is 0 Å². The molecule has 2 saturated carbocycles. The zero-order chi connectivity index (χ0) is 14.9. The van der Waals surface area contributed by atoms with Crippen molar-refractivity contribution >= 4 is 5.78 Å². The molecule has 2 fully saturated rings. The first-order valence-electron chi connectivity index (χ1n) is 9.16. The van der Waals surface area contributed by atoms with Crippen molar-refractivity contribution in [3.05, 3.63) is 40.9 Å². The van der Waals surface area contributed by atoms with Gasteiger partial charge in [-0.3, -0.25) is 4.79 Å². The molecule has 0 bridgehead atoms. The van der Waals surface area contributed by atoms with Gasteiger partial charge in [0.15, 0.2) is 0 Å². The summed E-state index contributed by atoms with van der Waals surface area (Å²) >= 11 is 0. The van der Waals surface area contributed by atoms with Crippen LogP contribution in [0.3, 0.4) is 0 Å². The summed E-state index contributed by atoms with van der Waals surface area (Å²) in [6, 6.07) is 0. The number of ketones is 1. The smallest absolute Gasteiger partial charge is 0.139 e. The van der Waals surface area contributed by atoms with Gasteiger partial charge in [0, 0.05) is 24.2 Å². The lowest BCUT2D eigenvalue weighted by atomic mass is 9.58. The summed E-state index contributed by atoms with van der Waals surface area (Å²) in [6.07, 6.45) is 16.6. The van der Waals surface area contributed by atoms with Gasteiger partial charge in [-0.2, -0.15) is 0 Å². The molecule has 0 aromatic heterocycles. The second-order valence-corrected chi connectivity index (χ2v) is 8.33. The quantitative estimate of drug-likeness (QED) is 0.625. The number of hydrogen-bond acceptors (Lipinski definition) is 1. The van der Waals surface area contributed by atoms with E-state index in [0.717, 1.165) is 25.2 Å². The van der Waals surface area contributed by atoms with Crippen LogP contribution in [0, 0.1) is 29.6 Å². The van der Waals surface area contributed by atoms with E-state index in [1.54, 1.807) is 22.3 Å². The van der Waals surface area contributed by atoms with Crippen LogP contribution in [-0.4, -0.2) is 5.78 Å². The van der Waals surface area contributed by atoms with Crippen molar-refractivity contribution in [3.63, 3.8) is 0 Å². The highest BCUT2D eigenvalue weighted by Gasteiger charge is 2.52. The lowest BCUT2D eigenvalue weighted by Gasteiger charge is -2.46. The molecule has 0 aromatic carbocycles. The molecule has 0 amide bonds. The average molecular weight is 293 g/mol. The minimum Gasteiger partial charge on any atom is -0.299 e. The number of rotatable bonds is 1. The summed E-state index contributed by atoms with van der Waals surface area (Å²) in [5.74, 6) is 2.61. The predicted molar refractivity (Wildman–Crippen MR) is 88.0 cm³/mol. The normalized spacial score (nSPS) is 43.1. The van der Waals surface area contributed by atoms with Gasteiger partial charge in [-0.05, 0) is 56.8 Å². The highest BCUT2D eigenvalue weighted by atomic mass is 16.1. The Morgan fingerprint density at radius 2 is 2.05 bits per heavy atom. The first kappa shape index (κ1) is 13.3. The first-order chi connectivity index (χ1) is 10.7. The van der Waals surface area contributed by atoms with Gasteiger partial charge >= 0.3 is 0 Å². The second kappa shape index (κ2) is 4.46. The maximum Gasteiger partial charge on any atom is 0.139 e. The predicted octanol–water partition coefficient (Wildman–Crippen LogP) is 4.95. The number of hydrogen-bond donors (Lipinski definition) is 0. The number of carbonyl (C=O) groups excluding carboxylic acids is 1. The lowest BCUT2D eigenvalue weighted by Crippen LogP contribution is -2.38. The maximum absolute atomic E-state index is 12.4. The molecule has 3 unspecified atom stereocenters. The molecule has 5 aliphatic carbocycles. The fraction of sp³-hybridized carbons (Fsp3) is 0.619. The zero-order valence-electron chi connectivity index (χ0n) is 13.5. The molecule has 0 N–H and O–H groups in total. The molecule has 5 rings (SSSR count). The molecule has 0 heterocycles. The van der Waals surface area contributed by atoms with Crippen LogP contribution >= 0.6 is 0 Å². The van der Waals surface area contributed by atoms with Gasteiger partial charge in [0.1, 0.15) is 5.78 Å². The Kier molecular flexibility index (Phi) is 2.70. The first-order valence-corrected chi connectivity index (χ1v) is 9.16. The summed E-state index contributed by atoms with van der Waals surface area (Å²) in [6.45, 7) is 2.25. The van der Waals surface area contributed by atoms with Crippen LogP contribution in [-0.2, 0) is 4.79 Å². The van der Waals surface area contributed by atoms with Crippen LogP contribution < -0.4 is 0 Å². The van der Waals surface area contributed by atoms with E-state index in [-0.39, 0.29) is 5.41 Å². The average Bonchev–Trinajstić information content (AvgIpc) is 3.33. The van der Waals surface area contributed by atoms with Crippen LogP contribution in [0.5, 0.6) is 0 Å². The van der Waals surface area contributed by atoms with Crippen molar-refractivity contribution in [1.82, 2.24) is 0 Å². The highest BCUT2D eigenvalue weighted by Crippen LogP contribution is 2.58. The molecule has 5 aliphatic rings. The second-order valence-electron chi connectivity index (χ2n) is 8.33. The van der Waals surface area contributed by atoms with Gasteiger partial charge in [-0.25, -0.2) is 0 Å². The highest BCUT2D eigenvalue weighted by molar-refractivity contribution is 5.88. The van der Waals surface area contributed by atoms with E-state index in [1.807, 2.05) is 0 Å². The minimum atomic E-state index is -0.0224. The Balaban J connectivity index is 1.45. The molecule has 22 heavy (non-hydrogen) atoms. The van der Waals surface area contributed by atoms with Crippen LogP contribution in [0.25, 0.3) is 0 Å². The summed E-state index contributed by atoms with van der Waals surface area (Å²) in [5.41, 5.74) is 6.79. The zero-order valence-corrected chi connectivity index (χ0v) is 13.5. The minimum absolute atomic E-state index is 0.0224. The van der Waals surface area contributed by atoms with E-state index >= 15 is 0 Å². The van der Waals surface area contributed by atoms with E-state index in [1.165, 1.54) is 32.1 Å². The molecule has 1 heteroatoms. The third-order valence-corrected chi connectivity index (χ3v) is 7.37. The monoisotopic (exact) mass is 293 g/mol. The third-order valence-electron chi connectivity index (χ3n) is 7.37. The Labute approximate surface area is 133 Å². The molecule has 1 nitrogen and oxygen atoms in total. The van der Waals surface area contributed by atoms with E-state index in [0.29, 0.717) is 17.6 Å². The summed E-state index contributed by atoms with van der Waals surface area (Å²) < 4.78 is 0. The van der Waals surface area contributed by atoms with Crippen molar-refractivity contribution in [2.24, 2.45) is 23.2 Å². The molecular formula is C21H25O. The lowest BCUT2D eigenvalue weighted by molar-refractivity contribution is -0.127. The van der Waals surface area contributed by atoms with Crippen molar-refractivity contribution in [3.8, 4) is 0 Å². The SMILES string of the molecule is CC12CC[C@H]3C(=CCC4=C3CCC(C3=C[CH]3)C4)C1CCC2=O. The van der Waals surface area contributed by atoms with E-state index in [9.17, 15) is 4.79 Å². The van der Waals surface area contributed by atoms with Gasteiger partial charge < -0.3 is 0 Å². The molecule has 0 aliphatic heterocycles. The van der Waals surface area contributed by atoms with Crippen molar-refractivity contribution in [2.45, 2.75) is 58.3 Å². The number of carbonyl (C=O) groups is 1. The fourth-order valence-corrected chi connectivity index (χ4v) is 5.95. The van der Waals surface area contributed by atoms with Gasteiger partial charge in [-0.15, -0.1) is 0 Å². The Hall–Kier alpha value is -1.11. The molecule has 0 aromatic rings.